The number of fused-ring (bicyclic) bond motifs is 2. The summed E-state index contributed by atoms with van der Waals surface area (Å²) in [5, 5.41) is 10.5. The molecule has 4 aliphatic rings. The molecule has 3 aromatic heterocycles. The van der Waals surface area contributed by atoms with Crippen LogP contribution >= 0.6 is 0 Å². The van der Waals surface area contributed by atoms with Gasteiger partial charge in [0.15, 0.2) is 0 Å². The average Bonchev–Trinajstić information content (AvgIpc) is 4.04. The third-order valence-corrected chi connectivity index (χ3v) is 14.0. The summed E-state index contributed by atoms with van der Waals surface area (Å²) in [5.41, 5.74) is 3.81. The Hall–Kier alpha value is -7.12. The number of hydrogen-bond acceptors (Lipinski definition) is 10. The molecule has 3 aromatic carbocycles. The van der Waals surface area contributed by atoms with Gasteiger partial charge in [-0.3, -0.25) is 38.4 Å². The molecule has 4 aliphatic heterocycles. The van der Waals surface area contributed by atoms with Crippen LogP contribution < -0.4 is 15.9 Å². The van der Waals surface area contributed by atoms with Gasteiger partial charge in [-0.2, -0.15) is 13.2 Å². The highest BCUT2D eigenvalue weighted by Crippen LogP contribution is 2.35. The quantitative estimate of drug-likeness (QED) is 0.169. The largest absolute Gasteiger partial charge is 0.418 e. The lowest BCUT2D eigenvalue weighted by Gasteiger charge is -2.36. The van der Waals surface area contributed by atoms with Crippen LogP contribution in [0.4, 0.5) is 18.9 Å². The Morgan fingerprint density at radius 3 is 2.35 bits per heavy atom. The number of imidazole rings is 1. The number of carbonyl (C=O) groups is 4. The molecule has 2 atom stereocenters. The molecular formula is C50H51F3N10O6. The molecule has 6 aromatic rings. The van der Waals surface area contributed by atoms with E-state index in [1.165, 1.54) is 21.9 Å². The molecule has 10 rings (SSSR count). The maximum absolute atomic E-state index is 14.6. The second-order valence-corrected chi connectivity index (χ2v) is 18.4. The first-order chi connectivity index (χ1) is 33.2. The van der Waals surface area contributed by atoms with Crippen molar-refractivity contribution < 1.29 is 37.1 Å². The Labute approximate surface area is 394 Å². The number of anilines is 1. The minimum Gasteiger partial charge on any atom is -0.373 e. The Balaban J connectivity index is 0.707. The molecule has 4 amide bonds. The van der Waals surface area contributed by atoms with Gasteiger partial charge in [0.2, 0.25) is 11.8 Å². The van der Waals surface area contributed by atoms with Crippen LogP contribution in [0, 0.1) is 0 Å². The first kappa shape index (κ1) is 45.7. The molecule has 0 spiro atoms. The third kappa shape index (κ3) is 9.15. The fourth-order valence-corrected chi connectivity index (χ4v) is 10.1. The Morgan fingerprint density at radius 2 is 1.64 bits per heavy atom. The van der Waals surface area contributed by atoms with Crippen LogP contribution in [0.25, 0.3) is 11.2 Å². The van der Waals surface area contributed by atoms with Gasteiger partial charge < -0.3 is 24.0 Å². The molecule has 1 unspecified atom stereocenters. The fourth-order valence-electron chi connectivity index (χ4n) is 10.1. The van der Waals surface area contributed by atoms with E-state index in [1.807, 2.05) is 61.3 Å². The highest BCUT2D eigenvalue weighted by molar-refractivity contribution is 6.05. The summed E-state index contributed by atoms with van der Waals surface area (Å²) < 4.78 is 54.1. The van der Waals surface area contributed by atoms with Gasteiger partial charge >= 0.3 is 11.9 Å². The minimum absolute atomic E-state index is 0.0497. The van der Waals surface area contributed by atoms with Crippen LogP contribution in [0.1, 0.15) is 92.9 Å². The van der Waals surface area contributed by atoms with Gasteiger partial charge in [0.05, 0.1) is 29.5 Å². The lowest BCUT2D eigenvalue weighted by atomic mass is 10.00. The van der Waals surface area contributed by atoms with Crippen molar-refractivity contribution in [2.45, 2.75) is 76.5 Å². The molecule has 0 radical (unpaired) electrons. The molecule has 1 N–H and O–H groups in total. The number of halogens is 3. The molecular weight excluding hydrogens is 894 g/mol. The molecule has 0 aliphatic carbocycles. The number of aromatic nitrogens is 5. The molecule has 0 saturated carbocycles. The second kappa shape index (κ2) is 18.4. The number of likely N-dealkylation sites (tertiary alicyclic amines) is 1. The highest BCUT2D eigenvalue weighted by Gasteiger charge is 2.40. The lowest BCUT2D eigenvalue weighted by molar-refractivity contribution is -0.137. The van der Waals surface area contributed by atoms with Crippen molar-refractivity contribution in [2.24, 2.45) is 7.05 Å². The first-order valence-electron chi connectivity index (χ1n) is 23.2. The summed E-state index contributed by atoms with van der Waals surface area (Å²) in [7, 11) is 1.83. The number of hydrogen-bond donors (Lipinski definition) is 1. The van der Waals surface area contributed by atoms with Crippen molar-refractivity contribution in [3.8, 4) is 5.69 Å². The van der Waals surface area contributed by atoms with E-state index >= 15 is 0 Å². The van der Waals surface area contributed by atoms with E-state index in [2.05, 4.69) is 25.3 Å². The van der Waals surface area contributed by atoms with Crippen LogP contribution in [0.3, 0.4) is 0 Å². The fraction of sp³-hybridized carbons (Fsp3) is 0.380. The molecule has 358 valence electrons. The Morgan fingerprint density at radius 1 is 0.870 bits per heavy atom. The lowest BCUT2D eigenvalue weighted by Crippen LogP contribution is -2.52. The van der Waals surface area contributed by atoms with Gasteiger partial charge in [-0.25, -0.2) is 4.79 Å². The van der Waals surface area contributed by atoms with Crippen molar-refractivity contribution in [3.05, 3.63) is 147 Å². The number of nitrogens with one attached hydrogen (secondary N) is 1. The molecule has 19 heteroatoms. The number of imide groups is 1. The molecule has 69 heavy (non-hydrogen) atoms. The van der Waals surface area contributed by atoms with E-state index in [-0.39, 0.29) is 48.2 Å². The summed E-state index contributed by atoms with van der Waals surface area (Å²) >= 11 is 0. The van der Waals surface area contributed by atoms with Gasteiger partial charge in [0, 0.05) is 101 Å². The van der Waals surface area contributed by atoms with Gasteiger partial charge in [-0.05, 0) is 90.0 Å². The number of piperidine rings is 2. The monoisotopic (exact) mass is 944 g/mol. The maximum Gasteiger partial charge on any atom is 0.418 e. The number of alkyl halides is 3. The van der Waals surface area contributed by atoms with Crippen LogP contribution in [0.15, 0.2) is 96.3 Å². The smallest absolute Gasteiger partial charge is 0.373 e. The number of carbonyl (C=O) groups excluding carboxylic acids is 4. The Bertz CT molecular complexity index is 3020. The zero-order valence-corrected chi connectivity index (χ0v) is 38.2. The predicted molar refractivity (Wildman–Crippen MR) is 247 cm³/mol. The van der Waals surface area contributed by atoms with Gasteiger partial charge in [-0.1, -0.05) is 31.2 Å². The zero-order chi connectivity index (χ0) is 48.1. The summed E-state index contributed by atoms with van der Waals surface area (Å²) in [6.07, 6.45) is 1.49. The van der Waals surface area contributed by atoms with Crippen LogP contribution in [-0.4, -0.2) is 113 Å². The number of aryl methyl sites for hydroxylation is 1. The molecule has 3 saturated heterocycles. The number of piperazine rings is 1. The van der Waals surface area contributed by atoms with Gasteiger partial charge in [0.1, 0.15) is 18.2 Å². The van der Waals surface area contributed by atoms with E-state index in [1.54, 1.807) is 35.2 Å². The average molecular weight is 945 g/mol. The van der Waals surface area contributed by atoms with E-state index in [0.29, 0.717) is 99.9 Å². The van der Waals surface area contributed by atoms with E-state index in [0.717, 1.165) is 32.8 Å². The van der Waals surface area contributed by atoms with Crippen LogP contribution in [-0.2, 0) is 47.2 Å². The number of ether oxygens (including phenoxy) is 1. The molecule has 16 nitrogen and oxygen atoms in total. The summed E-state index contributed by atoms with van der Waals surface area (Å²) in [6, 6.07) is 20.7. The molecule has 0 bridgehead atoms. The van der Waals surface area contributed by atoms with Gasteiger partial charge in [-0.15, -0.1) is 10.2 Å². The number of amides is 4. The maximum atomic E-state index is 14.6. The molecule has 7 heterocycles. The third-order valence-electron chi connectivity index (χ3n) is 14.0. The van der Waals surface area contributed by atoms with Crippen molar-refractivity contribution in [2.75, 3.05) is 44.2 Å². The van der Waals surface area contributed by atoms with E-state index in [9.17, 15) is 37.1 Å². The summed E-state index contributed by atoms with van der Waals surface area (Å²) in [6.45, 7) is 6.31. The van der Waals surface area contributed by atoms with Crippen molar-refractivity contribution >= 4 is 34.8 Å². The van der Waals surface area contributed by atoms with E-state index in [4.69, 9.17) is 4.74 Å². The minimum atomic E-state index is -4.69. The zero-order valence-electron chi connectivity index (χ0n) is 38.2. The van der Waals surface area contributed by atoms with Crippen LogP contribution in [0.2, 0.25) is 0 Å². The number of rotatable bonds is 11. The molecule has 3 fully saturated rings. The summed E-state index contributed by atoms with van der Waals surface area (Å²) in [4.78, 5) is 72.2. The highest BCUT2D eigenvalue weighted by atomic mass is 19.4. The second-order valence-electron chi connectivity index (χ2n) is 18.4. The van der Waals surface area contributed by atoms with Crippen molar-refractivity contribution in [1.29, 1.82) is 0 Å². The topological polar surface area (TPSA) is 160 Å². The first-order valence-corrected chi connectivity index (χ1v) is 23.2. The number of pyridine rings is 1. The van der Waals surface area contributed by atoms with Crippen molar-refractivity contribution in [3.63, 3.8) is 0 Å². The number of nitrogens with zero attached hydrogens (tertiary/aromatic N) is 9. The summed E-state index contributed by atoms with van der Waals surface area (Å²) in [5.74, 6) is -0.497. The van der Waals surface area contributed by atoms with Gasteiger partial charge in [0.25, 0.3) is 11.8 Å². The predicted octanol–water partition coefficient (Wildman–Crippen LogP) is 5.29. The SMILES string of the molecule is C[C@H](c1cccc(-n2cc3c(C(F)(F)F)cc(CN4CCC(OCc5ccc(C(=O)N6CCN(c7ccc8c(c7)CN(C7CCC(=O)NC7=O)C8=O)CC6)cc5)CC4)cn3c2=O)c1)c1nncn1C. The van der Waals surface area contributed by atoms with Crippen LogP contribution in [0.5, 0.6) is 0 Å². The Kier molecular flexibility index (Phi) is 12.2. The van der Waals surface area contributed by atoms with Crippen molar-refractivity contribution in [1.82, 2.24) is 43.7 Å². The van der Waals surface area contributed by atoms with E-state index < -0.39 is 29.4 Å². The number of benzene rings is 3. The standard InChI is InChI=1S/C50H51F3N10O6/c1-31(45-56-54-30-57(45)2)35-4-3-5-38(23-35)61-28-43-41(50(51,52)53)22-33(26-63(43)49(61)68)25-58-16-14-39(15-17-58)69-29-32-6-8-34(9-7-32)47(66)60-20-18-59(19-21-60)37-10-11-40-36(24-37)27-62(48(40)67)42-12-13-44(64)55-46(42)65/h3-11,22-24,26,28,30-31,39,42H,12-21,25,27,29H2,1-2H3,(H,55,64,65)/t31-,42?/m1/s1. The normalized spacial score (nSPS) is 18.8.